The van der Waals surface area contributed by atoms with E-state index in [1.54, 1.807) is 6.92 Å². The summed E-state index contributed by atoms with van der Waals surface area (Å²) >= 11 is 0. The van der Waals surface area contributed by atoms with Crippen molar-refractivity contribution in [3.8, 4) is 12.3 Å². The summed E-state index contributed by atoms with van der Waals surface area (Å²) in [6.07, 6.45) is 5.64. The van der Waals surface area contributed by atoms with Crippen LogP contribution in [0.2, 0.25) is 0 Å². The molecule has 1 amide bonds. The van der Waals surface area contributed by atoms with Gasteiger partial charge in [0.05, 0.1) is 17.0 Å². The third-order valence-corrected chi connectivity index (χ3v) is 4.70. The minimum absolute atomic E-state index is 0.0473. The molecule has 8 heteroatoms. The molecule has 0 bridgehead atoms. The second-order valence-corrected chi connectivity index (χ2v) is 6.73. The van der Waals surface area contributed by atoms with Crippen LogP contribution in [-0.2, 0) is 19.6 Å². The van der Waals surface area contributed by atoms with Crippen molar-refractivity contribution in [1.29, 1.82) is 0 Å². The molecule has 0 aliphatic rings. The van der Waals surface area contributed by atoms with E-state index in [-0.39, 0.29) is 23.0 Å². The van der Waals surface area contributed by atoms with Gasteiger partial charge in [0.25, 0.3) is 5.91 Å². The SMILES string of the molecule is C#CCNC(=O)COC(=O)c1ccc(S(=O)(=O)NC(C)CC)cc1. The zero-order valence-electron chi connectivity index (χ0n) is 13.5. The third kappa shape index (κ3) is 6.02. The second kappa shape index (κ2) is 9.05. The maximum absolute atomic E-state index is 12.1. The first-order chi connectivity index (χ1) is 11.3. The Morgan fingerprint density at radius 3 is 2.46 bits per heavy atom. The normalized spacial score (nSPS) is 12.0. The minimum Gasteiger partial charge on any atom is -0.452 e. The number of benzene rings is 1. The van der Waals surface area contributed by atoms with Crippen molar-refractivity contribution in [1.82, 2.24) is 10.0 Å². The van der Waals surface area contributed by atoms with Crippen molar-refractivity contribution in [3.63, 3.8) is 0 Å². The molecule has 0 saturated carbocycles. The molecule has 1 atom stereocenters. The van der Waals surface area contributed by atoms with Crippen LogP contribution in [0, 0.1) is 12.3 Å². The summed E-state index contributed by atoms with van der Waals surface area (Å²) in [4.78, 5) is 23.1. The van der Waals surface area contributed by atoms with E-state index < -0.39 is 28.5 Å². The molecule has 7 nitrogen and oxygen atoms in total. The van der Waals surface area contributed by atoms with Crippen LogP contribution in [0.5, 0.6) is 0 Å². The minimum atomic E-state index is -3.64. The number of ether oxygens (including phenoxy) is 1. The lowest BCUT2D eigenvalue weighted by Crippen LogP contribution is -2.32. The second-order valence-electron chi connectivity index (χ2n) is 5.01. The number of rotatable bonds is 8. The summed E-state index contributed by atoms with van der Waals surface area (Å²) in [7, 11) is -3.64. The van der Waals surface area contributed by atoms with Crippen LogP contribution in [0.4, 0.5) is 0 Å². The molecule has 0 radical (unpaired) electrons. The van der Waals surface area contributed by atoms with E-state index >= 15 is 0 Å². The fourth-order valence-electron chi connectivity index (χ4n) is 1.60. The molecule has 1 aromatic carbocycles. The van der Waals surface area contributed by atoms with Gasteiger partial charge in [0.15, 0.2) is 6.61 Å². The molecule has 0 aromatic heterocycles. The maximum Gasteiger partial charge on any atom is 0.338 e. The van der Waals surface area contributed by atoms with Gasteiger partial charge in [0, 0.05) is 6.04 Å². The molecule has 1 rings (SSSR count). The van der Waals surface area contributed by atoms with Crippen LogP contribution in [0.15, 0.2) is 29.2 Å². The van der Waals surface area contributed by atoms with E-state index in [0.717, 1.165) is 0 Å². The first-order valence-electron chi connectivity index (χ1n) is 7.29. The highest BCUT2D eigenvalue weighted by Crippen LogP contribution is 2.12. The lowest BCUT2D eigenvalue weighted by molar-refractivity contribution is -0.123. The van der Waals surface area contributed by atoms with E-state index in [1.165, 1.54) is 24.3 Å². The number of hydrogen-bond acceptors (Lipinski definition) is 5. The monoisotopic (exact) mass is 352 g/mol. The van der Waals surface area contributed by atoms with Crippen LogP contribution in [0.1, 0.15) is 30.6 Å². The molecule has 0 aliphatic heterocycles. The summed E-state index contributed by atoms with van der Waals surface area (Å²) in [6, 6.07) is 5.07. The number of esters is 1. The average Bonchev–Trinajstić information content (AvgIpc) is 2.57. The molecule has 130 valence electrons. The van der Waals surface area contributed by atoms with E-state index in [4.69, 9.17) is 11.2 Å². The molecule has 2 N–H and O–H groups in total. The number of carbonyl (C=O) groups excluding carboxylic acids is 2. The molecular formula is C16H20N2O5S. The predicted molar refractivity (Wildman–Crippen MR) is 88.6 cm³/mol. The van der Waals surface area contributed by atoms with Crippen LogP contribution >= 0.6 is 0 Å². The molecule has 0 aliphatic carbocycles. The molecule has 24 heavy (non-hydrogen) atoms. The standard InChI is InChI=1S/C16H20N2O5S/c1-4-10-17-15(19)11-23-16(20)13-6-8-14(9-7-13)24(21,22)18-12(3)5-2/h1,6-9,12,18H,5,10-11H2,2-3H3,(H,17,19). The molecule has 0 spiro atoms. The highest BCUT2D eigenvalue weighted by molar-refractivity contribution is 7.89. The van der Waals surface area contributed by atoms with Crippen LogP contribution in [-0.4, -0.2) is 39.5 Å². The number of terminal acetylenes is 1. The van der Waals surface area contributed by atoms with Gasteiger partial charge in [0.2, 0.25) is 10.0 Å². The Hall–Kier alpha value is -2.37. The third-order valence-electron chi connectivity index (χ3n) is 3.09. The average molecular weight is 352 g/mol. The molecule has 1 aromatic rings. The first kappa shape index (κ1) is 19.7. The van der Waals surface area contributed by atoms with Crippen LogP contribution < -0.4 is 10.0 Å². The quantitative estimate of drug-likeness (QED) is 0.529. The summed E-state index contributed by atoms with van der Waals surface area (Å²) < 4.78 is 31.5. The van der Waals surface area contributed by atoms with E-state index in [9.17, 15) is 18.0 Å². The Balaban J connectivity index is 2.69. The molecule has 0 saturated heterocycles. The van der Waals surface area contributed by atoms with E-state index in [0.29, 0.717) is 6.42 Å². The lowest BCUT2D eigenvalue weighted by Gasteiger charge is -2.12. The Kier molecular flexibility index (Phi) is 7.42. The number of sulfonamides is 1. The van der Waals surface area contributed by atoms with Gasteiger partial charge in [-0.15, -0.1) is 6.42 Å². The Bertz CT molecular complexity index is 720. The molecule has 0 fully saturated rings. The van der Waals surface area contributed by atoms with Crippen molar-refractivity contribution < 1.29 is 22.7 Å². The van der Waals surface area contributed by atoms with Gasteiger partial charge in [-0.05, 0) is 37.6 Å². The summed E-state index contributed by atoms with van der Waals surface area (Å²) in [5.74, 6) is 0.973. The van der Waals surface area contributed by atoms with Gasteiger partial charge >= 0.3 is 5.97 Å². The number of nitrogens with one attached hydrogen (secondary N) is 2. The Morgan fingerprint density at radius 2 is 1.92 bits per heavy atom. The largest absolute Gasteiger partial charge is 0.452 e. The van der Waals surface area contributed by atoms with Gasteiger partial charge in [-0.1, -0.05) is 12.8 Å². The molecule has 1 unspecified atom stereocenters. The number of amides is 1. The number of hydrogen-bond donors (Lipinski definition) is 2. The summed E-state index contributed by atoms with van der Waals surface area (Å²) in [5, 5.41) is 2.35. The van der Waals surface area contributed by atoms with Crippen molar-refractivity contribution in [2.45, 2.75) is 31.2 Å². The van der Waals surface area contributed by atoms with Crippen molar-refractivity contribution in [2.75, 3.05) is 13.2 Å². The Morgan fingerprint density at radius 1 is 1.29 bits per heavy atom. The first-order valence-corrected chi connectivity index (χ1v) is 8.78. The van der Waals surface area contributed by atoms with Crippen molar-refractivity contribution in [2.24, 2.45) is 0 Å². The zero-order chi connectivity index (χ0) is 18.2. The van der Waals surface area contributed by atoms with Crippen LogP contribution in [0.25, 0.3) is 0 Å². The lowest BCUT2D eigenvalue weighted by atomic mass is 10.2. The van der Waals surface area contributed by atoms with E-state index in [1.807, 2.05) is 6.92 Å². The zero-order valence-corrected chi connectivity index (χ0v) is 14.4. The van der Waals surface area contributed by atoms with Gasteiger partial charge in [-0.3, -0.25) is 4.79 Å². The van der Waals surface area contributed by atoms with Gasteiger partial charge in [-0.2, -0.15) is 0 Å². The highest BCUT2D eigenvalue weighted by atomic mass is 32.2. The summed E-state index contributed by atoms with van der Waals surface area (Å²) in [6.45, 7) is 3.21. The highest BCUT2D eigenvalue weighted by Gasteiger charge is 2.17. The number of carbonyl (C=O) groups is 2. The fourth-order valence-corrected chi connectivity index (χ4v) is 2.93. The van der Waals surface area contributed by atoms with Gasteiger partial charge in [0.1, 0.15) is 0 Å². The molecular weight excluding hydrogens is 332 g/mol. The van der Waals surface area contributed by atoms with Gasteiger partial charge < -0.3 is 10.1 Å². The van der Waals surface area contributed by atoms with Crippen molar-refractivity contribution >= 4 is 21.9 Å². The smallest absolute Gasteiger partial charge is 0.338 e. The maximum atomic E-state index is 12.1. The predicted octanol–water partition coefficient (Wildman–Crippen LogP) is 0.670. The Labute approximate surface area is 141 Å². The topological polar surface area (TPSA) is 102 Å². The van der Waals surface area contributed by atoms with Crippen LogP contribution in [0.3, 0.4) is 0 Å². The molecule has 0 heterocycles. The van der Waals surface area contributed by atoms with Crippen molar-refractivity contribution in [3.05, 3.63) is 29.8 Å². The fraction of sp³-hybridized carbons (Fsp3) is 0.375. The van der Waals surface area contributed by atoms with Gasteiger partial charge in [-0.25, -0.2) is 17.9 Å². The van der Waals surface area contributed by atoms with E-state index in [2.05, 4.69) is 16.0 Å². The summed E-state index contributed by atoms with van der Waals surface area (Å²) in [5.41, 5.74) is 0.141.